The second kappa shape index (κ2) is 13.6. The smallest absolute Gasteiger partial charge is 0.164 e. The molecule has 0 radical (unpaired) electrons. The van der Waals surface area contributed by atoms with Crippen molar-refractivity contribution in [3.05, 3.63) is 211 Å². The van der Waals surface area contributed by atoms with Crippen LogP contribution in [0.1, 0.15) is 25.0 Å². The zero-order valence-electron chi connectivity index (χ0n) is 33.8. The Labute approximate surface area is 353 Å². The standard InChI is InChI=1S/C56H39N5/c1-56(2)47-27-14-12-26-45(47)50-49(56)46-34-33-44-43-25-13-15-28-48(43)60(51(44)52(46)61(50)41-23-10-5-11-24-41)42-31-29-36(30-32-42)39-21-16-22-40(35-39)55-58-53(37-17-6-3-7-18-37)57-54(59-55)38-19-8-4-9-20-38/h3-35H,1-2H3. The highest BCUT2D eigenvalue weighted by atomic mass is 15.1. The lowest BCUT2D eigenvalue weighted by Crippen LogP contribution is -2.14. The second-order valence-corrected chi connectivity index (χ2v) is 16.4. The molecule has 5 heteroatoms. The van der Waals surface area contributed by atoms with Gasteiger partial charge in [-0.25, -0.2) is 15.0 Å². The highest BCUT2D eigenvalue weighted by Gasteiger charge is 2.41. The van der Waals surface area contributed by atoms with Crippen molar-refractivity contribution >= 4 is 32.7 Å². The van der Waals surface area contributed by atoms with Crippen molar-refractivity contribution in [3.63, 3.8) is 0 Å². The van der Waals surface area contributed by atoms with E-state index in [-0.39, 0.29) is 5.41 Å². The third-order valence-corrected chi connectivity index (χ3v) is 12.5. The van der Waals surface area contributed by atoms with Crippen LogP contribution in [-0.2, 0) is 5.41 Å². The van der Waals surface area contributed by atoms with Gasteiger partial charge in [0.05, 0.1) is 22.2 Å². The molecular weight excluding hydrogens is 743 g/mol. The molecule has 0 aliphatic heterocycles. The maximum atomic E-state index is 5.01. The lowest BCUT2D eigenvalue weighted by molar-refractivity contribution is 0.666. The average Bonchev–Trinajstić information content (AvgIpc) is 3.94. The molecule has 288 valence electrons. The first-order valence-electron chi connectivity index (χ1n) is 20.9. The normalized spacial score (nSPS) is 12.9. The van der Waals surface area contributed by atoms with E-state index < -0.39 is 0 Å². The summed E-state index contributed by atoms with van der Waals surface area (Å²) in [5.41, 5.74) is 16.1. The summed E-state index contributed by atoms with van der Waals surface area (Å²) in [6, 6.07) is 71.1. The van der Waals surface area contributed by atoms with E-state index in [1.165, 1.54) is 55.1 Å². The molecule has 0 atom stereocenters. The number of para-hydroxylation sites is 2. The van der Waals surface area contributed by atoms with Crippen LogP contribution < -0.4 is 0 Å². The number of fused-ring (bicyclic) bond motifs is 9. The molecule has 0 saturated carbocycles. The van der Waals surface area contributed by atoms with Gasteiger partial charge in [-0.2, -0.15) is 0 Å². The molecular formula is C56H39N5. The van der Waals surface area contributed by atoms with E-state index in [0.717, 1.165) is 39.2 Å². The lowest BCUT2D eigenvalue weighted by Gasteiger charge is -2.21. The largest absolute Gasteiger partial charge is 0.307 e. The Kier molecular flexibility index (Phi) is 7.81. The van der Waals surface area contributed by atoms with E-state index >= 15 is 0 Å². The van der Waals surface area contributed by atoms with E-state index in [2.05, 4.69) is 163 Å². The number of rotatable bonds is 6. The molecule has 5 nitrogen and oxygen atoms in total. The van der Waals surface area contributed by atoms with Crippen LogP contribution in [0.4, 0.5) is 0 Å². The number of nitrogens with zero attached hydrogens (tertiary/aromatic N) is 5. The van der Waals surface area contributed by atoms with Crippen molar-refractivity contribution < 1.29 is 0 Å². The summed E-state index contributed by atoms with van der Waals surface area (Å²) in [4.78, 5) is 14.9. The zero-order chi connectivity index (χ0) is 40.7. The van der Waals surface area contributed by atoms with Crippen LogP contribution >= 0.6 is 0 Å². The third-order valence-electron chi connectivity index (χ3n) is 12.5. The van der Waals surface area contributed by atoms with Crippen LogP contribution in [0.3, 0.4) is 0 Å². The molecule has 3 aromatic heterocycles. The fourth-order valence-electron chi connectivity index (χ4n) is 9.76. The summed E-state index contributed by atoms with van der Waals surface area (Å²) >= 11 is 0. The maximum absolute atomic E-state index is 5.01. The average molecular weight is 782 g/mol. The van der Waals surface area contributed by atoms with Crippen LogP contribution in [-0.4, -0.2) is 24.1 Å². The van der Waals surface area contributed by atoms with Gasteiger partial charge in [-0.15, -0.1) is 0 Å². The predicted molar refractivity (Wildman–Crippen MR) is 250 cm³/mol. The van der Waals surface area contributed by atoms with Gasteiger partial charge < -0.3 is 9.13 Å². The Balaban J connectivity index is 1.03. The first kappa shape index (κ1) is 35.1. The van der Waals surface area contributed by atoms with Gasteiger partial charge >= 0.3 is 0 Å². The third kappa shape index (κ3) is 5.44. The van der Waals surface area contributed by atoms with Crippen molar-refractivity contribution in [2.75, 3.05) is 0 Å². The summed E-state index contributed by atoms with van der Waals surface area (Å²) in [7, 11) is 0. The monoisotopic (exact) mass is 781 g/mol. The van der Waals surface area contributed by atoms with Gasteiger partial charge in [-0.05, 0) is 58.7 Å². The molecule has 0 N–H and O–H groups in total. The van der Waals surface area contributed by atoms with Crippen molar-refractivity contribution in [1.82, 2.24) is 24.1 Å². The zero-order valence-corrected chi connectivity index (χ0v) is 33.8. The van der Waals surface area contributed by atoms with Crippen molar-refractivity contribution in [1.29, 1.82) is 0 Å². The molecule has 1 aliphatic carbocycles. The SMILES string of the molecule is CC1(C)c2ccccc2-c2c1c1ccc3c4ccccc4n(-c4ccc(-c5cccc(-c6nc(-c7ccccc7)nc(-c7ccccc7)n6)c5)cc4)c3c1n2-c1ccccc1. The minimum Gasteiger partial charge on any atom is -0.307 e. The van der Waals surface area contributed by atoms with E-state index in [1.807, 2.05) is 60.7 Å². The van der Waals surface area contributed by atoms with Gasteiger partial charge in [0.1, 0.15) is 0 Å². The number of hydrogen-bond acceptors (Lipinski definition) is 3. The van der Waals surface area contributed by atoms with Crippen LogP contribution in [0.5, 0.6) is 0 Å². The van der Waals surface area contributed by atoms with Gasteiger partial charge in [0.15, 0.2) is 17.5 Å². The van der Waals surface area contributed by atoms with Crippen molar-refractivity contribution in [3.8, 4) is 67.9 Å². The summed E-state index contributed by atoms with van der Waals surface area (Å²) < 4.78 is 5.01. The Hall–Kier alpha value is -7.89. The van der Waals surface area contributed by atoms with Crippen molar-refractivity contribution in [2.24, 2.45) is 0 Å². The van der Waals surface area contributed by atoms with E-state index in [1.54, 1.807) is 0 Å². The first-order chi connectivity index (χ1) is 30.0. The molecule has 61 heavy (non-hydrogen) atoms. The second-order valence-electron chi connectivity index (χ2n) is 16.4. The summed E-state index contributed by atoms with van der Waals surface area (Å²) in [6.45, 7) is 4.76. The fraction of sp³-hybridized carbons (Fsp3) is 0.0536. The molecule has 1 aliphatic rings. The minimum atomic E-state index is -0.168. The molecule has 8 aromatic carbocycles. The van der Waals surface area contributed by atoms with Gasteiger partial charge in [-0.1, -0.05) is 178 Å². The van der Waals surface area contributed by atoms with E-state index in [0.29, 0.717) is 17.5 Å². The van der Waals surface area contributed by atoms with Crippen molar-refractivity contribution in [2.45, 2.75) is 19.3 Å². The Morgan fingerprint density at radius 3 is 1.61 bits per heavy atom. The Morgan fingerprint density at radius 1 is 0.377 bits per heavy atom. The summed E-state index contributed by atoms with van der Waals surface area (Å²) in [6.07, 6.45) is 0. The quantitative estimate of drug-likeness (QED) is 0.169. The highest BCUT2D eigenvalue weighted by molar-refractivity contribution is 6.20. The Morgan fingerprint density at radius 2 is 0.902 bits per heavy atom. The number of aromatic nitrogens is 5. The lowest BCUT2D eigenvalue weighted by atomic mass is 9.81. The van der Waals surface area contributed by atoms with E-state index in [4.69, 9.17) is 15.0 Å². The summed E-state index contributed by atoms with van der Waals surface area (Å²) in [5.74, 6) is 1.94. The van der Waals surface area contributed by atoms with Gasteiger partial charge in [0.25, 0.3) is 0 Å². The summed E-state index contributed by atoms with van der Waals surface area (Å²) in [5, 5.41) is 3.76. The predicted octanol–water partition coefficient (Wildman–Crippen LogP) is 13.9. The van der Waals surface area contributed by atoms with Gasteiger partial charge in [0, 0.05) is 55.2 Å². The Bertz CT molecular complexity index is 3410. The molecule has 0 fully saturated rings. The number of hydrogen-bond donors (Lipinski definition) is 0. The molecule has 12 rings (SSSR count). The molecule has 0 saturated heterocycles. The molecule has 0 amide bonds. The molecule has 11 aromatic rings. The molecule has 0 bridgehead atoms. The molecule has 0 spiro atoms. The highest BCUT2D eigenvalue weighted by Crippen LogP contribution is 2.55. The topological polar surface area (TPSA) is 48.5 Å². The minimum absolute atomic E-state index is 0.168. The fourth-order valence-corrected chi connectivity index (χ4v) is 9.76. The van der Waals surface area contributed by atoms with Gasteiger partial charge in [-0.3, -0.25) is 0 Å². The van der Waals surface area contributed by atoms with Gasteiger partial charge in [0.2, 0.25) is 0 Å². The van der Waals surface area contributed by atoms with Crippen LogP contribution in [0, 0.1) is 0 Å². The maximum Gasteiger partial charge on any atom is 0.164 e. The molecule has 3 heterocycles. The first-order valence-corrected chi connectivity index (χ1v) is 20.9. The van der Waals surface area contributed by atoms with E-state index in [9.17, 15) is 0 Å². The van der Waals surface area contributed by atoms with Crippen LogP contribution in [0.15, 0.2) is 200 Å². The molecule has 0 unspecified atom stereocenters. The number of benzene rings is 8. The van der Waals surface area contributed by atoms with Crippen LogP contribution in [0.25, 0.3) is 101 Å². The van der Waals surface area contributed by atoms with Crippen LogP contribution in [0.2, 0.25) is 0 Å².